The van der Waals surface area contributed by atoms with Gasteiger partial charge < -0.3 is 5.11 Å². The molecule has 3 nitrogen and oxygen atoms in total. The van der Waals surface area contributed by atoms with Crippen LogP contribution < -0.4 is 0 Å². The summed E-state index contributed by atoms with van der Waals surface area (Å²) in [6.07, 6.45) is 0. The van der Waals surface area contributed by atoms with Gasteiger partial charge in [-0.05, 0) is 30.2 Å². The maximum atomic E-state index is 10.8. The Bertz CT molecular complexity index is 451. The van der Waals surface area contributed by atoms with Crippen molar-refractivity contribution >= 4 is 29.2 Å². The molecule has 1 N–H and O–H groups in total. The summed E-state index contributed by atoms with van der Waals surface area (Å²) >= 11 is 11.6. The fourth-order valence-electron chi connectivity index (χ4n) is 1.22. The average Bonchev–Trinajstić information content (AvgIpc) is 2.13. The number of hydrogen-bond acceptors (Lipinski definition) is 2. The quantitative estimate of drug-likeness (QED) is 0.869. The summed E-state index contributed by atoms with van der Waals surface area (Å²) in [7, 11) is 0. The Kier molecular flexibility index (Phi) is 3.57. The van der Waals surface area contributed by atoms with Crippen LogP contribution in [0.1, 0.15) is 17.0 Å². The predicted octanol–water partition coefficient (Wildman–Crippen LogP) is 2.99. The van der Waals surface area contributed by atoms with Gasteiger partial charge in [0.1, 0.15) is 0 Å². The number of carboxylic acids is 1. The maximum Gasteiger partial charge on any atom is 0.325 e. The van der Waals surface area contributed by atoms with Crippen molar-refractivity contribution in [2.24, 2.45) is 0 Å². The Labute approximate surface area is 96.8 Å². The molecule has 0 aliphatic heterocycles. The predicted molar refractivity (Wildman–Crippen MR) is 57.2 cm³/mol. The van der Waals surface area contributed by atoms with E-state index in [0.29, 0.717) is 21.2 Å². The van der Waals surface area contributed by atoms with Crippen LogP contribution in [0.5, 0.6) is 0 Å². The van der Waals surface area contributed by atoms with Crippen molar-refractivity contribution in [2.75, 3.05) is 0 Å². The minimum atomic E-state index is -1.24. The highest BCUT2D eigenvalue weighted by molar-refractivity contribution is 6.35. The number of halogens is 2. The molecule has 1 aromatic carbocycles. The minimum Gasteiger partial charge on any atom is -0.480 e. The molecule has 78 valence electrons. The van der Waals surface area contributed by atoms with Crippen molar-refractivity contribution in [3.8, 4) is 6.07 Å². The third kappa shape index (κ3) is 2.41. The summed E-state index contributed by atoms with van der Waals surface area (Å²) in [5.74, 6) is -2.44. The first-order valence-corrected chi connectivity index (χ1v) is 4.81. The number of hydrogen-bond donors (Lipinski definition) is 1. The molecule has 0 amide bonds. The van der Waals surface area contributed by atoms with Crippen molar-refractivity contribution in [1.29, 1.82) is 5.26 Å². The van der Waals surface area contributed by atoms with Crippen molar-refractivity contribution in [2.45, 2.75) is 12.8 Å². The molecule has 0 aliphatic carbocycles. The monoisotopic (exact) mass is 243 g/mol. The molecule has 0 aliphatic rings. The molecule has 15 heavy (non-hydrogen) atoms. The van der Waals surface area contributed by atoms with Gasteiger partial charge in [-0.15, -0.1) is 0 Å². The first-order chi connectivity index (χ1) is 6.97. The lowest BCUT2D eigenvalue weighted by atomic mass is 9.96. The van der Waals surface area contributed by atoms with Crippen molar-refractivity contribution in [3.63, 3.8) is 0 Å². The molecule has 1 atom stereocenters. The van der Waals surface area contributed by atoms with E-state index < -0.39 is 11.9 Å². The minimum absolute atomic E-state index is 0.321. The summed E-state index contributed by atoms with van der Waals surface area (Å²) in [5.41, 5.74) is 0.900. The van der Waals surface area contributed by atoms with E-state index in [1.165, 1.54) is 12.1 Å². The third-order valence-corrected chi connectivity index (χ3v) is 2.65. The summed E-state index contributed by atoms with van der Waals surface area (Å²) in [4.78, 5) is 10.8. The number of benzene rings is 1. The van der Waals surface area contributed by atoms with E-state index in [2.05, 4.69) is 0 Å². The molecule has 0 heterocycles. The summed E-state index contributed by atoms with van der Waals surface area (Å²) in [6.45, 7) is 1.65. The summed E-state index contributed by atoms with van der Waals surface area (Å²) < 4.78 is 0. The zero-order chi connectivity index (χ0) is 11.6. The molecular formula is C10H7Cl2NO2. The first-order valence-electron chi connectivity index (χ1n) is 4.05. The van der Waals surface area contributed by atoms with Crippen LogP contribution in [0, 0.1) is 18.3 Å². The second-order valence-corrected chi connectivity index (χ2v) is 3.85. The van der Waals surface area contributed by atoms with Crippen LogP contribution in [0.3, 0.4) is 0 Å². The molecule has 5 heteroatoms. The van der Waals surface area contributed by atoms with Crippen LogP contribution in [0.25, 0.3) is 0 Å². The van der Waals surface area contributed by atoms with E-state index >= 15 is 0 Å². The van der Waals surface area contributed by atoms with Crippen LogP contribution in [0.2, 0.25) is 10.0 Å². The van der Waals surface area contributed by atoms with Gasteiger partial charge in [-0.2, -0.15) is 5.26 Å². The normalized spacial score (nSPS) is 11.9. The Balaban J connectivity index is 3.37. The van der Waals surface area contributed by atoms with Gasteiger partial charge in [0, 0.05) is 10.0 Å². The Morgan fingerprint density at radius 2 is 2.13 bits per heavy atom. The number of nitrogens with zero attached hydrogens (tertiary/aromatic N) is 1. The van der Waals surface area contributed by atoms with Gasteiger partial charge in [-0.1, -0.05) is 23.2 Å². The fourth-order valence-corrected chi connectivity index (χ4v) is 1.73. The van der Waals surface area contributed by atoms with Gasteiger partial charge in [0.25, 0.3) is 0 Å². The fraction of sp³-hybridized carbons (Fsp3) is 0.200. The van der Waals surface area contributed by atoms with Crippen LogP contribution in [0.4, 0.5) is 0 Å². The SMILES string of the molecule is Cc1c(Cl)cc(Cl)cc1[C@@H](C#N)C(=O)O. The zero-order valence-corrected chi connectivity index (χ0v) is 9.30. The van der Waals surface area contributed by atoms with Crippen LogP contribution in [-0.2, 0) is 4.79 Å². The van der Waals surface area contributed by atoms with Gasteiger partial charge in [0.15, 0.2) is 5.92 Å². The van der Waals surface area contributed by atoms with Crippen molar-refractivity contribution in [1.82, 2.24) is 0 Å². The zero-order valence-electron chi connectivity index (χ0n) is 7.79. The number of carboxylic acid groups (broad SMARTS) is 1. The smallest absolute Gasteiger partial charge is 0.325 e. The molecule has 1 rings (SSSR count). The van der Waals surface area contributed by atoms with Crippen molar-refractivity contribution < 1.29 is 9.90 Å². The van der Waals surface area contributed by atoms with Crippen LogP contribution >= 0.6 is 23.2 Å². The largest absolute Gasteiger partial charge is 0.480 e. The number of rotatable bonds is 2. The molecule has 0 unspecified atom stereocenters. The van der Waals surface area contributed by atoms with Gasteiger partial charge in [-0.25, -0.2) is 0 Å². The molecule has 0 fully saturated rings. The highest BCUT2D eigenvalue weighted by Gasteiger charge is 2.22. The lowest BCUT2D eigenvalue weighted by molar-refractivity contribution is -0.137. The Hall–Kier alpha value is -1.24. The molecule has 0 saturated heterocycles. The van der Waals surface area contributed by atoms with E-state index in [1.54, 1.807) is 13.0 Å². The number of aliphatic carboxylic acids is 1. The molecule has 0 spiro atoms. The van der Waals surface area contributed by atoms with Gasteiger partial charge in [-0.3, -0.25) is 4.79 Å². The third-order valence-electron chi connectivity index (χ3n) is 2.04. The average molecular weight is 244 g/mol. The lowest BCUT2D eigenvalue weighted by Gasteiger charge is -2.10. The van der Waals surface area contributed by atoms with Crippen molar-refractivity contribution in [3.05, 3.63) is 33.3 Å². The molecule has 0 bridgehead atoms. The maximum absolute atomic E-state index is 10.8. The van der Waals surface area contributed by atoms with E-state index in [9.17, 15) is 4.79 Å². The standard InChI is InChI=1S/C10H7Cl2NO2/c1-5-7(8(4-13)10(14)15)2-6(11)3-9(5)12/h2-3,8H,1H3,(H,14,15)/t8-/m1/s1. The van der Waals surface area contributed by atoms with Gasteiger partial charge in [0.2, 0.25) is 0 Å². The summed E-state index contributed by atoms with van der Waals surface area (Å²) in [6, 6.07) is 4.66. The first kappa shape index (κ1) is 11.8. The second kappa shape index (κ2) is 4.52. The Morgan fingerprint density at radius 3 is 2.60 bits per heavy atom. The highest BCUT2D eigenvalue weighted by atomic mass is 35.5. The molecule has 1 aromatic rings. The second-order valence-electron chi connectivity index (χ2n) is 3.00. The highest BCUT2D eigenvalue weighted by Crippen LogP contribution is 2.29. The molecule has 0 radical (unpaired) electrons. The van der Waals surface area contributed by atoms with Crippen LogP contribution in [-0.4, -0.2) is 11.1 Å². The van der Waals surface area contributed by atoms with Gasteiger partial charge >= 0.3 is 5.97 Å². The van der Waals surface area contributed by atoms with Gasteiger partial charge in [0.05, 0.1) is 6.07 Å². The van der Waals surface area contributed by atoms with E-state index in [1.807, 2.05) is 0 Å². The molecule has 0 saturated carbocycles. The lowest BCUT2D eigenvalue weighted by Crippen LogP contribution is -2.10. The topological polar surface area (TPSA) is 61.1 Å². The molecule has 0 aromatic heterocycles. The Morgan fingerprint density at radius 1 is 1.53 bits per heavy atom. The molecular weight excluding hydrogens is 237 g/mol. The van der Waals surface area contributed by atoms with E-state index in [0.717, 1.165) is 0 Å². The van der Waals surface area contributed by atoms with E-state index in [4.69, 9.17) is 33.6 Å². The number of nitriles is 1. The summed E-state index contributed by atoms with van der Waals surface area (Å²) in [5, 5.41) is 18.2. The van der Waals surface area contributed by atoms with Crippen LogP contribution in [0.15, 0.2) is 12.1 Å². The van der Waals surface area contributed by atoms with E-state index in [-0.39, 0.29) is 0 Å². The number of carbonyl (C=O) groups is 1.